The van der Waals surface area contributed by atoms with E-state index in [0.29, 0.717) is 0 Å². The maximum Gasteiger partial charge on any atom is 0.253 e. The smallest absolute Gasteiger partial charge is 0.253 e. The summed E-state index contributed by atoms with van der Waals surface area (Å²) in [5.41, 5.74) is 0. The molecular formula is C8H12F2N2O. The van der Waals surface area contributed by atoms with Crippen molar-refractivity contribution in [1.29, 1.82) is 0 Å². The Hall–Kier alpha value is -0.710. The van der Waals surface area contributed by atoms with E-state index < -0.39 is 17.9 Å². The van der Waals surface area contributed by atoms with Crippen LogP contribution in [0.4, 0.5) is 8.78 Å². The van der Waals surface area contributed by atoms with Gasteiger partial charge in [0.2, 0.25) is 5.91 Å². The van der Waals surface area contributed by atoms with Gasteiger partial charge in [-0.25, -0.2) is 8.78 Å². The SMILES string of the molecule is CNC(=O)C1C[C@H]2C(CC2(F)F)N1. The molecule has 0 aromatic heterocycles. The number of alkyl halides is 2. The van der Waals surface area contributed by atoms with Gasteiger partial charge in [0.15, 0.2) is 0 Å². The molecule has 2 N–H and O–H groups in total. The zero-order chi connectivity index (χ0) is 9.64. The number of halogens is 2. The fourth-order valence-corrected chi connectivity index (χ4v) is 2.17. The first-order valence-corrected chi connectivity index (χ1v) is 4.40. The summed E-state index contributed by atoms with van der Waals surface area (Å²) in [6.07, 6.45) is 0.141. The van der Waals surface area contributed by atoms with Crippen molar-refractivity contribution in [1.82, 2.24) is 10.6 Å². The summed E-state index contributed by atoms with van der Waals surface area (Å²) in [7, 11) is 1.52. The second kappa shape index (κ2) is 2.64. The lowest BCUT2D eigenvalue weighted by Gasteiger charge is -2.39. The third kappa shape index (κ3) is 1.22. The fourth-order valence-electron chi connectivity index (χ4n) is 2.17. The first kappa shape index (κ1) is 8.87. The van der Waals surface area contributed by atoms with Gasteiger partial charge in [-0.15, -0.1) is 0 Å². The first-order chi connectivity index (χ1) is 6.04. The van der Waals surface area contributed by atoms with Gasteiger partial charge in [-0.05, 0) is 6.42 Å². The van der Waals surface area contributed by atoms with E-state index in [2.05, 4.69) is 10.6 Å². The molecule has 1 saturated heterocycles. The minimum absolute atomic E-state index is 0.120. The highest BCUT2D eigenvalue weighted by Gasteiger charge is 2.60. The molecule has 0 spiro atoms. The van der Waals surface area contributed by atoms with Crippen molar-refractivity contribution in [3.05, 3.63) is 0 Å². The molecule has 1 aliphatic heterocycles. The maximum atomic E-state index is 12.9. The van der Waals surface area contributed by atoms with Crippen LogP contribution in [0.1, 0.15) is 12.8 Å². The van der Waals surface area contributed by atoms with Crippen LogP contribution in [0.3, 0.4) is 0 Å². The predicted octanol–water partition coefficient (Wildman–Crippen LogP) is 0.118. The Bertz CT molecular complexity index is 244. The van der Waals surface area contributed by atoms with Crippen LogP contribution in [0.15, 0.2) is 0 Å². The molecule has 0 aromatic rings. The average Bonchev–Trinajstić information content (AvgIpc) is 2.43. The molecule has 2 aliphatic rings. The number of carbonyl (C=O) groups excluding carboxylic acids is 1. The van der Waals surface area contributed by atoms with Crippen molar-refractivity contribution in [2.75, 3.05) is 7.05 Å². The zero-order valence-electron chi connectivity index (χ0n) is 7.31. The molecule has 13 heavy (non-hydrogen) atoms. The molecule has 74 valence electrons. The molecule has 1 amide bonds. The molecule has 1 heterocycles. The van der Waals surface area contributed by atoms with Gasteiger partial charge in [0.25, 0.3) is 5.92 Å². The van der Waals surface area contributed by atoms with E-state index in [0.717, 1.165) is 0 Å². The number of hydrogen-bond donors (Lipinski definition) is 2. The molecule has 0 bridgehead atoms. The molecule has 5 heteroatoms. The Labute approximate surface area is 74.9 Å². The second-order valence-electron chi connectivity index (χ2n) is 3.75. The molecule has 3 atom stereocenters. The molecular weight excluding hydrogens is 178 g/mol. The summed E-state index contributed by atoms with van der Waals surface area (Å²) < 4.78 is 25.7. The number of likely N-dealkylation sites (N-methyl/N-ethyl adjacent to an activating group) is 1. The summed E-state index contributed by atoms with van der Waals surface area (Å²) in [4.78, 5) is 11.1. The van der Waals surface area contributed by atoms with Gasteiger partial charge >= 0.3 is 0 Å². The Balaban J connectivity index is 1.99. The highest BCUT2D eigenvalue weighted by atomic mass is 19.3. The normalized spacial score (nSPS) is 40.7. The van der Waals surface area contributed by atoms with Crippen molar-refractivity contribution in [2.45, 2.75) is 30.8 Å². The van der Waals surface area contributed by atoms with Crippen LogP contribution in [-0.4, -0.2) is 31.0 Å². The highest BCUT2D eigenvalue weighted by Crippen LogP contribution is 2.49. The highest BCUT2D eigenvalue weighted by molar-refractivity contribution is 5.82. The Morgan fingerprint density at radius 1 is 1.62 bits per heavy atom. The third-order valence-electron chi connectivity index (χ3n) is 2.99. The number of carbonyl (C=O) groups is 1. The molecule has 2 unspecified atom stereocenters. The van der Waals surface area contributed by atoms with Crippen LogP contribution in [-0.2, 0) is 4.79 Å². The minimum Gasteiger partial charge on any atom is -0.358 e. The van der Waals surface area contributed by atoms with Crippen LogP contribution in [0.5, 0.6) is 0 Å². The van der Waals surface area contributed by atoms with Gasteiger partial charge < -0.3 is 10.6 Å². The summed E-state index contributed by atoms with van der Waals surface area (Å²) >= 11 is 0. The minimum atomic E-state index is -2.56. The zero-order valence-corrected chi connectivity index (χ0v) is 7.31. The van der Waals surface area contributed by atoms with E-state index in [-0.39, 0.29) is 24.8 Å². The Kier molecular flexibility index (Phi) is 1.80. The predicted molar refractivity (Wildman–Crippen MR) is 42.4 cm³/mol. The Morgan fingerprint density at radius 3 is 2.77 bits per heavy atom. The van der Waals surface area contributed by atoms with Gasteiger partial charge in [0.05, 0.1) is 6.04 Å². The fraction of sp³-hybridized carbons (Fsp3) is 0.875. The van der Waals surface area contributed by atoms with E-state index >= 15 is 0 Å². The van der Waals surface area contributed by atoms with Crippen molar-refractivity contribution in [3.63, 3.8) is 0 Å². The summed E-state index contributed by atoms with van der Waals surface area (Å²) in [5, 5.41) is 5.36. The Morgan fingerprint density at radius 2 is 2.31 bits per heavy atom. The molecule has 2 fully saturated rings. The summed E-state index contributed by atoms with van der Waals surface area (Å²) in [6.45, 7) is 0. The number of fused-ring (bicyclic) bond motifs is 1. The number of rotatable bonds is 1. The van der Waals surface area contributed by atoms with E-state index in [4.69, 9.17) is 0 Å². The molecule has 0 radical (unpaired) electrons. The van der Waals surface area contributed by atoms with Gasteiger partial charge in [0, 0.05) is 25.4 Å². The van der Waals surface area contributed by atoms with E-state index in [9.17, 15) is 13.6 Å². The molecule has 2 rings (SSSR count). The third-order valence-corrected chi connectivity index (χ3v) is 2.99. The quantitative estimate of drug-likeness (QED) is 0.616. The van der Waals surface area contributed by atoms with E-state index in [1.54, 1.807) is 0 Å². The van der Waals surface area contributed by atoms with E-state index in [1.807, 2.05) is 0 Å². The number of hydrogen-bond acceptors (Lipinski definition) is 2. The first-order valence-electron chi connectivity index (χ1n) is 4.40. The van der Waals surface area contributed by atoms with Gasteiger partial charge in [-0.3, -0.25) is 4.79 Å². The number of nitrogens with one attached hydrogen (secondary N) is 2. The van der Waals surface area contributed by atoms with Crippen molar-refractivity contribution >= 4 is 5.91 Å². The van der Waals surface area contributed by atoms with Gasteiger partial charge in [0.1, 0.15) is 0 Å². The van der Waals surface area contributed by atoms with Crippen LogP contribution < -0.4 is 10.6 Å². The van der Waals surface area contributed by atoms with Crippen molar-refractivity contribution in [2.24, 2.45) is 5.92 Å². The summed E-state index contributed by atoms with van der Waals surface area (Å²) in [5.74, 6) is -3.37. The molecule has 1 aliphatic carbocycles. The van der Waals surface area contributed by atoms with Crippen molar-refractivity contribution in [3.8, 4) is 0 Å². The van der Waals surface area contributed by atoms with Crippen LogP contribution in [0.2, 0.25) is 0 Å². The second-order valence-corrected chi connectivity index (χ2v) is 3.75. The topological polar surface area (TPSA) is 41.1 Å². The largest absolute Gasteiger partial charge is 0.358 e. The molecule has 1 saturated carbocycles. The lowest BCUT2D eigenvalue weighted by molar-refractivity contribution is -0.138. The standard InChI is InChI=1S/C8H12F2N2O/c1-11-7(13)5-2-4-6(12-5)3-8(4,9)10/h4-6,12H,2-3H2,1H3,(H,11,13)/t4-,5?,6?/m0/s1. The number of amides is 1. The van der Waals surface area contributed by atoms with Gasteiger partial charge in [-0.1, -0.05) is 0 Å². The molecule has 3 nitrogen and oxygen atoms in total. The lowest BCUT2D eigenvalue weighted by atomic mass is 9.76. The summed E-state index contributed by atoms with van der Waals surface area (Å²) in [6, 6.07) is -0.578. The lowest BCUT2D eigenvalue weighted by Crippen LogP contribution is -2.53. The monoisotopic (exact) mass is 190 g/mol. The van der Waals surface area contributed by atoms with E-state index in [1.165, 1.54) is 7.05 Å². The molecule has 0 aromatic carbocycles. The maximum absolute atomic E-state index is 12.9. The van der Waals surface area contributed by atoms with Crippen LogP contribution in [0, 0.1) is 5.92 Å². The van der Waals surface area contributed by atoms with Crippen molar-refractivity contribution < 1.29 is 13.6 Å². The van der Waals surface area contributed by atoms with Crippen LogP contribution >= 0.6 is 0 Å². The van der Waals surface area contributed by atoms with Gasteiger partial charge in [-0.2, -0.15) is 0 Å². The van der Waals surface area contributed by atoms with Crippen LogP contribution in [0.25, 0.3) is 0 Å². The average molecular weight is 190 g/mol.